The normalized spacial score (nSPS) is 21.4. The van der Waals surface area contributed by atoms with Gasteiger partial charge >= 0.3 is 0 Å². The lowest BCUT2D eigenvalue weighted by Gasteiger charge is -2.28. The molecule has 1 saturated heterocycles. The quantitative estimate of drug-likeness (QED) is 0.766. The van der Waals surface area contributed by atoms with Crippen molar-refractivity contribution in [2.24, 2.45) is 0 Å². The van der Waals surface area contributed by atoms with Crippen LogP contribution in [0.1, 0.15) is 50.3 Å². The number of rotatable bonds is 5. The van der Waals surface area contributed by atoms with Gasteiger partial charge in [-0.3, -0.25) is 0 Å². The molecule has 0 amide bonds. The Kier molecular flexibility index (Phi) is 5.28. The number of nitrogens with zero attached hydrogens (tertiary/aromatic N) is 5. The predicted octanol–water partition coefficient (Wildman–Crippen LogP) is 2.24. The molecule has 152 valence electrons. The summed E-state index contributed by atoms with van der Waals surface area (Å²) in [6, 6.07) is 7.72. The van der Waals surface area contributed by atoms with Crippen molar-refractivity contribution in [3.05, 3.63) is 41.5 Å². The Morgan fingerprint density at radius 2 is 1.86 bits per heavy atom. The van der Waals surface area contributed by atoms with Gasteiger partial charge in [-0.15, -0.1) is 10.2 Å². The number of aryl methyl sites for hydroxylation is 1. The standard InChI is InChI=1S/C20H29N5O2S/c1-4-16-5-7-18(8-6-16)28(26,27)24-11-12-25-19(14-24)21-22-20(25)17-9-10-23(13-17)15(2)3/h5-8,15,17H,4,9-14H2,1-3H3/t17-/m0/s1. The largest absolute Gasteiger partial charge is 0.312 e. The third kappa shape index (κ3) is 3.49. The van der Waals surface area contributed by atoms with Crippen molar-refractivity contribution in [3.63, 3.8) is 0 Å². The fraction of sp³-hybridized carbons (Fsp3) is 0.600. The van der Waals surface area contributed by atoms with E-state index in [1.54, 1.807) is 12.1 Å². The topological polar surface area (TPSA) is 71.3 Å². The van der Waals surface area contributed by atoms with Crippen molar-refractivity contribution in [2.75, 3.05) is 19.6 Å². The molecule has 0 spiro atoms. The van der Waals surface area contributed by atoms with Crippen LogP contribution in [0.15, 0.2) is 29.2 Å². The zero-order valence-electron chi connectivity index (χ0n) is 16.9. The highest BCUT2D eigenvalue weighted by molar-refractivity contribution is 7.89. The maximum Gasteiger partial charge on any atom is 0.243 e. The minimum Gasteiger partial charge on any atom is -0.312 e. The Morgan fingerprint density at radius 3 is 2.50 bits per heavy atom. The molecule has 2 aromatic rings. The van der Waals surface area contributed by atoms with Gasteiger partial charge in [-0.05, 0) is 50.9 Å². The van der Waals surface area contributed by atoms with Crippen molar-refractivity contribution in [2.45, 2.75) is 63.6 Å². The van der Waals surface area contributed by atoms with E-state index in [1.165, 1.54) is 4.31 Å². The minimum absolute atomic E-state index is 0.283. The summed E-state index contributed by atoms with van der Waals surface area (Å²) in [5, 5.41) is 8.79. The SMILES string of the molecule is CCc1ccc(S(=O)(=O)N2CCn3c(nnc3[C@H]3CCN(C(C)C)C3)C2)cc1. The van der Waals surface area contributed by atoms with Crippen molar-refractivity contribution in [1.29, 1.82) is 0 Å². The van der Waals surface area contributed by atoms with Gasteiger partial charge in [-0.2, -0.15) is 4.31 Å². The number of hydrogen-bond donors (Lipinski definition) is 0. The van der Waals surface area contributed by atoms with Crippen molar-refractivity contribution in [3.8, 4) is 0 Å². The molecule has 0 saturated carbocycles. The molecule has 1 atom stereocenters. The van der Waals surface area contributed by atoms with Crippen molar-refractivity contribution >= 4 is 10.0 Å². The molecule has 1 fully saturated rings. The van der Waals surface area contributed by atoms with Crippen LogP contribution in [-0.4, -0.2) is 58.1 Å². The van der Waals surface area contributed by atoms with Crippen LogP contribution < -0.4 is 0 Å². The van der Waals surface area contributed by atoms with Gasteiger partial charge in [0.15, 0.2) is 0 Å². The number of benzene rings is 1. The van der Waals surface area contributed by atoms with Crippen LogP contribution in [-0.2, 0) is 29.5 Å². The van der Waals surface area contributed by atoms with E-state index in [-0.39, 0.29) is 6.54 Å². The molecule has 0 radical (unpaired) electrons. The first kappa shape index (κ1) is 19.5. The summed E-state index contributed by atoms with van der Waals surface area (Å²) in [5.74, 6) is 2.15. The van der Waals surface area contributed by atoms with E-state index in [0.29, 0.717) is 29.9 Å². The van der Waals surface area contributed by atoms with Gasteiger partial charge in [-0.25, -0.2) is 8.42 Å². The van der Waals surface area contributed by atoms with Crippen LogP contribution in [0.3, 0.4) is 0 Å². The van der Waals surface area contributed by atoms with Crippen LogP contribution in [0.4, 0.5) is 0 Å². The zero-order valence-corrected chi connectivity index (χ0v) is 17.7. The second-order valence-electron chi connectivity index (χ2n) is 8.04. The van der Waals surface area contributed by atoms with Gasteiger partial charge in [0, 0.05) is 31.6 Å². The highest BCUT2D eigenvalue weighted by atomic mass is 32.2. The molecule has 28 heavy (non-hydrogen) atoms. The second-order valence-corrected chi connectivity index (χ2v) is 9.97. The van der Waals surface area contributed by atoms with E-state index in [9.17, 15) is 8.42 Å². The van der Waals surface area contributed by atoms with E-state index in [2.05, 4.69) is 40.4 Å². The van der Waals surface area contributed by atoms with Gasteiger partial charge in [0.1, 0.15) is 11.6 Å². The fourth-order valence-corrected chi connectivity index (χ4v) is 5.56. The number of sulfonamides is 1. The van der Waals surface area contributed by atoms with Crippen molar-refractivity contribution < 1.29 is 8.42 Å². The van der Waals surface area contributed by atoms with Gasteiger partial charge in [0.2, 0.25) is 10.0 Å². The summed E-state index contributed by atoms with van der Waals surface area (Å²) in [4.78, 5) is 2.81. The van der Waals surface area contributed by atoms with Crippen LogP contribution in [0, 0.1) is 0 Å². The lowest BCUT2D eigenvalue weighted by molar-refractivity contribution is 0.270. The van der Waals surface area contributed by atoms with Crippen LogP contribution >= 0.6 is 0 Å². The molecule has 7 nitrogen and oxygen atoms in total. The first-order chi connectivity index (χ1) is 13.4. The molecule has 0 N–H and O–H groups in total. The minimum atomic E-state index is -3.52. The number of hydrogen-bond acceptors (Lipinski definition) is 5. The lowest BCUT2D eigenvalue weighted by Crippen LogP contribution is -2.39. The highest BCUT2D eigenvalue weighted by Crippen LogP contribution is 2.30. The monoisotopic (exact) mass is 403 g/mol. The molecule has 4 rings (SSSR count). The van der Waals surface area contributed by atoms with E-state index in [0.717, 1.165) is 43.1 Å². The third-order valence-corrected chi connectivity index (χ3v) is 7.89. The average molecular weight is 404 g/mol. The molecule has 1 aromatic carbocycles. The number of fused-ring (bicyclic) bond motifs is 1. The summed E-state index contributed by atoms with van der Waals surface area (Å²) >= 11 is 0. The molecule has 2 aliphatic rings. The summed E-state index contributed by atoms with van der Waals surface area (Å²) in [7, 11) is -3.52. The Labute approximate surface area is 167 Å². The summed E-state index contributed by atoms with van der Waals surface area (Å²) < 4.78 is 29.7. The lowest BCUT2D eigenvalue weighted by atomic mass is 10.1. The first-order valence-corrected chi connectivity index (χ1v) is 11.6. The Bertz CT molecular complexity index is 936. The summed E-state index contributed by atoms with van der Waals surface area (Å²) in [6.45, 7) is 9.93. The second kappa shape index (κ2) is 7.57. The van der Waals surface area contributed by atoms with Crippen molar-refractivity contribution in [1.82, 2.24) is 24.0 Å². The predicted molar refractivity (Wildman–Crippen MR) is 108 cm³/mol. The zero-order chi connectivity index (χ0) is 19.9. The highest BCUT2D eigenvalue weighted by Gasteiger charge is 2.34. The summed E-state index contributed by atoms with van der Waals surface area (Å²) in [6.07, 6.45) is 1.98. The van der Waals surface area contributed by atoms with Gasteiger partial charge in [-0.1, -0.05) is 19.1 Å². The summed E-state index contributed by atoms with van der Waals surface area (Å²) in [5.41, 5.74) is 1.13. The van der Waals surface area contributed by atoms with Gasteiger partial charge in [0.25, 0.3) is 0 Å². The molecular weight excluding hydrogens is 374 g/mol. The van der Waals surface area contributed by atoms with Crippen LogP contribution in [0.25, 0.3) is 0 Å². The van der Waals surface area contributed by atoms with E-state index in [4.69, 9.17) is 0 Å². The molecule has 3 heterocycles. The molecule has 0 aliphatic carbocycles. The number of likely N-dealkylation sites (tertiary alicyclic amines) is 1. The smallest absolute Gasteiger partial charge is 0.243 e. The molecule has 1 aromatic heterocycles. The Balaban J connectivity index is 1.52. The van der Waals surface area contributed by atoms with Gasteiger partial charge < -0.3 is 9.47 Å². The molecular formula is C20H29N5O2S. The van der Waals surface area contributed by atoms with Crippen LogP contribution in [0.2, 0.25) is 0 Å². The fourth-order valence-electron chi connectivity index (χ4n) is 4.18. The molecule has 0 bridgehead atoms. The third-order valence-electron chi connectivity index (χ3n) is 6.03. The van der Waals surface area contributed by atoms with E-state index in [1.807, 2.05) is 12.1 Å². The Hall–Kier alpha value is -1.77. The number of aromatic nitrogens is 3. The van der Waals surface area contributed by atoms with E-state index < -0.39 is 10.0 Å². The molecule has 2 aliphatic heterocycles. The maximum atomic E-state index is 13.0. The van der Waals surface area contributed by atoms with Crippen LogP contribution in [0.5, 0.6) is 0 Å². The average Bonchev–Trinajstić information content (AvgIpc) is 3.34. The Morgan fingerprint density at radius 1 is 1.11 bits per heavy atom. The molecule has 8 heteroatoms. The first-order valence-electron chi connectivity index (χ1n) is 10.1. The maximum absolute atomic E-state index is 13.0. The van der Waals surface area contributed by atoms with Gasteiger partial charge in [0.05, 0.1) is 11.4 Å². The molecule has 0 unspecified atom stereocenters. The van der Waals surface area contributed by atoms with E-state index >= 15 is 0 Å².